The number of amides is 3. The van der Waals surface area contributed by atoms with Crippen LogP contribution >= 0.6 is 50.4 Å². The van der Waals surface area contributed by atoms with Crippen LogP contribution in [0.1, 0.15) is 43.1 Å². The second-order valence-corrected chi connectivity index (χ2v) is 11.4. The summed E-state index contributed by atoms with van der Waals surface area (Å²) in [7, 11) is 0. The molecule has 2 aromatic heterocycles. The molecule has 2 fully saturated rings. The predicted octanol–water partition coefficient (Wildman–Crippen LogP) is 3.71. The molecule has 2 N–H and O–H groups in total. The van der Waals surface area contributed by atoms with E-state index in [1.54, 1.807) is 33.4 Å². The molecule has 7 nitrogen and oxygen atoms in total. The third kappa shape index (κ3) is 5.50. The summed E-state index contributed by atoms with van der Waals surface area (Å²) in [5.74, 6) is 0.949. The van der Waals surface area contributed by atoms with E-state index in [1.165, 1.54) is 18.3 Å². The van der Waals surface area contributed by atoms with Crippen LogP contribution in [-0.4, -0.2) is 57.4 Å². The number of hydrogen-bond donors (Lipinski definition) is 2. The summed E-state index contributed by atoms with van der Waals surface area (Å²) < 4.78 is 1.01. The van der Waals surface area contributed by atoms with Crippen molar-refractivity contribution in [2.75, 3.05) is 11.6 Å². The van der Waals surface area contributed by atoms with E-state index in [1.807, 2.05) is 11.4 Å². The molecule has 1 aliphatic carbocycles. The van der Waals surface area contributed by atoms with Crippen LogP contribution in [0.25, 0.3) is 9.88 Å². The number of thioether (sulfide) groups is 1. The van der Waals surface area contributed by atoms with Crippen molar-refractivity contribution in [1.82, 2.24) is 20.5 Å². The van der Waals surface area contributed by atoms with Crippen LogP contribution in [0.4, 0.5) is 0 Å². The molecule has 0 radical (unpaired) electrons. The van der Waals surface area contributed by atoms with Crippen LogP contribution in [0.15, 0.2) is 21.3 Å². The first kappa shape index (κ1) is 22.8. The van der Waals surface area contributed by atoms with E-state index in [0.29, 0.717) is 17.3 Å². The maximum atomic E-state index is 12.6. The molecule has 11 heteroatoms. The van der Waals surface area contributed by atoms with Gasteiger partial charge in [0.05, 0.1) is 10.8 Å². The summed E-state index contributed by atoms with van der Waals surface area (Å²) in [5.41, 5.74) is 0.447. The molecular formula is C20H23BrN4O3S3. The molecule has 1 saturated carbocycles. The van der Waals surface area contributed by atoms with Gasteiger partial charge in [-0.05, 0) is 47.7 Å². The minimum atomic E-state index is -0.372. The molecule has 3 amide bonds. The fourth-order valence-corrected chi connectivity index (χ4v) is 7.35. The lowest BCUT2D eigenvalue weighted by Gasteiger charge is -2.31. The topological polar surface area (TPSA) is 91.4 Å². The number of nitrogens with zero attached hydrogens (tertiary/aromatic N) is 2. The highest BCUT2D eigenvalue weighted by molar-refractivity contribution is 9.10. The largest absolute Gasteiger partial charge is 0.352 e. The van der Waals surface area contributed by atoms with Gasteiger partial charge in [-0.3, -0.25) is 14.4 Å². The first-order valence-electron chi connectivity index (χ1n) is 10.1. The molecule has 3 heterocycles. The molecule has 31 heavy (non-hydrogen) atoms. The molecule has 1 atom stereocenters. The molecule has 0 unspecified atom stereocenters. The van der Waals surface area contributed by atoms with Gasteiger partial charge in [0, 0.05) is 40.0 Å². The highest BCUT2D eigenvalue weighted by atomic mass is 79.9. The summed E-state index contributed by atoms with van der Waals surface area (Å²) in [6.45, 7) is 1.50. The number of aromatic nitrogens is 1. The molecule has 0 aromatic carbocycles. The number of carbonyl (C=O) groups is 3. The van der Waals surface area contributed by atoms with E-state index in [2.05, 4.69) is 31.5 Å². The third-order valence-electron chi connectivity index (χ3n) is 5.51. The van der Waals surface area contributed by atoms with Crippen molar-refractivity contribution in [2.45, 2.75) is 50.7 Å². The van der Waals surface area contributed by atoms with Crippen LogP contribution in [-0.2, 0) is 9.59 Å². The third-order valence-corrected chi connectivity index (χ3v) is 9.23. The van der Waals surface area contributed by atoms with E-state index in [0.717, 1.165) is 40.0 Å². The second kappa shape index (κ2) is 10.0. The predicted molar refractivity (Wildman–Crippen MR) is 128 cm³/mol. The first-order valence-corrected chi connectivity index (χ1v) is 13.8. The van der Waals surface area contributed by atoms with Crippen LogP contribution in [0.5, 0.6) is 0 Å². The number of halogens is 1. The van der Waals surface area contributed by atoms with Gasteiger partial charge in [0.2, 0.25) is 11.8 Å². The minimum absolute atomic E-state index is 0.0616. The smallest absolute Gasteiger partial charge is 0.270 e. The second-order valence-electron chi connectivity index (χ2n) is 7.70. The van der Waals surface area contributed by atoms with Gasteiger partial charge in [-0.15, -0.1) is 34.4 Å². The average Bonchev–Trinajstić information content (AvgIpc) is 3.49. The van der Waals surface area contributed by atoms with Crippen LogP contribution in [0.3, 0.4) is 0 Å². The Morgan fingerprint density at radius 1 is 1.10 bits per heavy atom. The van der Waals surface area contributed by atoms with Gasteiger partial charge < -0.3 is 15.5 Å². The number of rotatable bonds is 5. The minimum Gasteiger partial charge on any atom is -0.352 e. The lowest BCUT2D eigenvalue weighted by molar-refractivity contribution is -0.136. The number of hydrogen-bond acceptors (Lipinski definition) is 7. The molecule has 0 spiro atoms. The summed E-state index contributed by atoms with van der Waals surface area (Å²) in [6.07, 6.45) is 3.23. The molecule has 1 aliphatic heterocycles. The highest BCUT2D eigenvalue weighted by Gasteiger charge is 2.34. The molecule has 2 aromatic rings. The zero-order chi connectivity index (χ0) is 22.0. The number of thiazole rings is 1. The van der Waals surface area contributed by atoms with Crippen molar-refractivity contribution in [3.05, 3.63) is 27.0 Å². The lowest BCUT2D eigenvalue weighted by atomic mass is 9.91. The number of carbonyl (C=O) groups excluding carboxylic acids is 3. The molecule has 1 saturated heterocycles. The molecule has 2 aliphatic rings. The van der Waals surface area contributed by atoms with Crippen molar-refractivity contribution < 1.29 is 14.4 Å². The van der Waals surface area contributed by atoms with E-state index >= 15 is 0 Å². The normalized spacial score (nSPS) is 23.5. The Kier molecular flexibility index (Phi) is 7.35. The Balaban J connectivity index is 1.25. The summed E-state index contributed by atoms with van der Waals surface area (Å²) in [4.78, 5) is 44.0. The SMILES string of the molecule is CC(=O)N1CSC[C@H]1C(=O)NC1CCC(NC(=O)c2csc(-c3cc(Br)cs3)n2)CC1. The molecule has 0 bridgehead atoms. The first-order chi connectivity index (χ1) is 14.9. The standard InChI is InChI=1S/C20H23BrN4O3S3/c1-11(26)25-10-29-9-16(25)19(28)23-14-4-2-13(3-5-14)22-18(27)15-8-31-20(24-15)17-6-12(21)7-30-17/h6-8,13-14,16H,2-5,9-10H2,1H3,(H,22,27)(H,23,28)/t13?,14?,16-/m0/s1. The van der Waals surface area contributed by atoms with E-state index in [9.17, 15) is 14.4 Å². The Hall–Kier alpha value is -1.43. The summed E-state index contributed by atoms with van der Waals surface area (Å²) >= 11 is 8.11. The van der Waals surface area contributed by atoms with Gasteiger partial charge in [-0.1, -0.05) is 0 Å². The van der Waals surface area contributed by atoms with Gasteiger partial charge in [0.1, 0.15) is 16.7 Å². The average molecular weight is 544 g/mol. The van der Waals surface area contributed by atoms with E-state index < -0.39 is 0 Å². The van der Waals surface area contributed by atoms with Crippen LogP contribution in [0.2, 0.25) is 0 Å². The maximum Gasteiger partial charge on any atom is 0.270 e. The zero-order valence-corrected chi connectivity index (χ0v) is 21.0. The monoisotopic (exact) mass is 542 g/mol. The van der Waals surface area contributed by atoms with Crippen molar-refractivity contribution in [3.63, 3.8) is 0 Å². The van der Waals surface area contributed by atoms with E-state index in [4.69, 9.17) is 0 Å². The Morgan fingerprint density at radius 3 is 2.45 bits per heavy atom. The quantitative estimate of drug-likeness (QED) is 0.600. The molecule has 166 valence electrons. The van der Waals surface area contributed by atoms with Gasteiger partial charge >= 0.3 is 0 Å². The lowest BCUT2D eigenvalue weighted by Crippen LogP contribution is -2.51. The van der Waals surface area contributed by atoms with Crippen molar-refractivity contribution in [1.29, 1.82) is 0 Å². The van der Waals surface area contributed by atoms with Gasteiger partial charge in [-0.25, -0.2) is 4.98 Å². The van der Waals surface area contributed by atoms with Crippen molar-refractivity contribution >= 4 is 68.1 Å². The van der Waals surface area contributed by atoms with Gasteiger partial charge in [0.25, 0.3) is 5.91 Å². The summed E-state index contributed by atoms with van der Waals surface area (Å²) in [5, 5.41) is 10.8. The zero-order valence-electron chi connectivity index (χ0n) is 16.9. The van der Waals surface area contributed by atoms with Gasteiger partial charge in [-0.2, -0.15) is 0 Å². The Labute approximate surface area is 201 Å². The number of thiophene rings is 1. The Bertz CT molecular complexity index is 971. The maximum absolute atomic E-state index is 12.6. The van der Waals surface area contributed by atoms with Gasteiger partial charge in [0.15, 0.2) is 0 Å². The van der Waals surface area contributed by atoms with Crippen molar-refractivity contribution in [2.24, 2.45) is 0 Å². The fraction of sp³-hybridized carbons (Fsp3) is 0.500. The number of nitrogens with one attached hydrogen (secondary N) is 2. The van der Waals surface area contributed by atoms with Crippen LogP contribution < -0.4 is 10.6 Å². The fourth-order valence-electron chi connectivity index (χ4n) is 3.83. The highest BCUT2D eigenvalue weighted by Crippen LogP contribution is 2.32. The Morgan fingerprint density at radius 2 is 1.81 bits per heavy atom. The summed E-state index contributed by atoms with van der Waals surface area (Å²) in [6, 6.07) is 1.80. The van der Waals surface area contributed by atoms with Crippen LogP contribution in [0, 0.1) is 0 Å². The van der Waals surface area contributed by atoms with Crippen molar-refractivity contribution in [3.8, 4) is 9.88 Å². The van der Waals surface area contributed by atoms with E-state index in [-0.39, 0.29) is 35.8 Å². The molecular weight excluding hydrogens is 520 g/mol. The molecule has 4 rings (SSSR count).